The van der Waals surface area contributed by atoms with Gasteiger partial charge >= 0.3 is 5.63 Å². The third kappa shape index (κ3) is 4.18. The van der Waals surface area contributed by atoms with Gasteiger partial charge in [-0.25, -0.2) is 4.79 Å². The maximum atomic E-state index is 11.7. The first-order valence-corrected chi connectivity index (χ1v) is 8.40. The number of ether oxygens (including phenoxy) is 1. The van der Waals surface area contributed by atoms with E-state index in [9.17, 15) is 4.79 Å². The number of rotatable bonds is 5. The highest BCUT2D eigenvalue weighted by molar-refractivity contribution is 5.82. The number of benzene rings is 2. The molecule has 0 aliphatic heterocycles. The maximum absolute atomic E-state index is 11.7. The molecule has 1 heterocycles. The zero-order valence-corrected chi connectivity index (χ0v) is 14.8. The lowest BCUT2D eigenvalue weighted by molar-refractivity contribution is 0.303. The first-order chi connectivity index (χ1) is 12.0. The van der Waals surface area contributed by atoms with Crippen molar-refractivity contribution in [2.24, 2.45) is 0 Å². The van der Waals surface area contributed by atoms with Crippen molar-refractivity contribution in [2.45, 2.75) is 33.8 Å². The Hall–Kier alpha value is -2.81. The van der Waals surface area contributed by atoms with Crippen molar-refractivity contribution >= 4 is 11.0 Å². The van der Waals surface area contributed by atoms with Gasteiger partial charge in [0.1, 0.15) is 17.9 Å². The lowest BCUT2D eigenvalue weighted by Crippen LogP contribution is -2.02. The van der Waals surface area contributed by atoms with E-state index in [1.807, 2.05) is 26.0 Å². The summed E-state index contributed by atoms with van der Waals surface area (Å²) in [5.41, 5.74) is 4.70. The normalized spacial score (nSPS) is 10.7. The van der Waals surface area contributed by atoms with Crippen LogP contribution < -0.4 is 10.4 Å². The second-order valence-electron chi connectivity index (χ2n) is 6.47. The molecule has 0 fully saturated rings. The van der Waals surface area contributed by atoms with Crippen LogP contribution in [0.3, 0.4) is 0 Å². The van der Waals surface area contributed by atoms with E-state index in [1.54, 1.807) is 6.07 Å². The van der Waals surface area contributed by atoms with E-state index in [0.717, 1.165) is 22.3 Å². The molecule has 0 aliphatic carbocycles. The molecular weight excluding hydrogens is 312 g/mol. The quantitative estimate of drug-likeness (QED) is 0.476. The molecule has 0 saturated carbocycles. The van der Waals surface area contributed by atoms with E-state index in [2.05, 4.69) is 37.3 Å². The number of fused-ring (bicyclic) bond motifs is 1. The van der Waals surface area contributed by atoms with Gasteiger partial charge in [-0.3, -0.25) is 0 Å². The molecule has 0 radical (unpaired) electrons. The molecule has 3 rings (SSSR count). The zero-order chi connectivity index (χ0) is 17.8. The van der Waals surface area contributed by atoms with Gasteiger partial charge in [-0.2, -0.15) is 0 Å². The molecule has 2 aromatic carbocycles. The Morgan fingerprint density at radius 2 is 1.76 bits per heavy atom. The van der Waals surface area contributed by atoms with E-state index in [1.165, 1.54) is 17.2 Å². The molecule has 0 N–H and O–H groups in total. The molecule has 0 atom stereocenters. The van der Waals surface area contributed by atoms with Crippen LogP contribution in [0.15, 0.2) is 69.4 Å². The van der Waals surface area contributed by atoms with Crippen LogP contribution in [-0.4, -0.2) is 0 Å². The second kappa shape index (κ2) is 7.39. The highest BCUT2D eigenvalue weighted by Crippen LogP contribution is 2.29. The van der Waals surface area contributed by atoms with Gasteiger partial charge < -0.3 is 9.15 Å². The van der Waals surface area contributed by atoms with Crippen LogP contribution in [0, 0.1) is 6.92 Å². The lowest BCUT2D eigenvalue weighted by Gasteiger charge is -2.13. The molecule has 3 nitrogen and oxygen atoms in total. The minimum absolute atomic E-state index is 0.346. The molecule has 3 aromatic rings. The van der Waals surface area contributed by atoms with Gasteiger partial charge in [0.25, 0.3) is 0 Å². The van der Waals surface area contributed by atoms with Crippen LogP contribution in [0.25, 0.3) is 11.0 Å². The van der Waals surface area contributed by atoms with Gasteiger partial charge in [-0.1, -0.05) is 41.5 Å². The molecule has 0 unspecified atom stereocenters. The first kappa shape index (κ1) is 17.0. The van der Waals surface area contributed by atoms with Crippen molar-refractivity contribution in [2.75, 3.05) is 0 Å². The van der Waals surface area contributed by atoms with Crippen molar-refractivity contribution < 1.29 is 9.15 Å². The van der Waals surface area contributed by atoms with E-state index in [-0.39, 0.29) is 5.63 Å². The van der Waals surface area contributed by atoms with Gasteiger partial charge in [0.15, 0.2) is 0 Å². The lowest BCUT2D eigenvalue weighted by atomic mass is 10.1. The molecule has 1 aromatic heterocycles. The summed E-state index contributed by atoms with van der Waals surface area (Å²) in [4.78, 5) is 11.7. The average molecular weight is 334 g/mol. The number of aryl methyl sites for hydroxylation is 1. The van der Waals surface area contributed by atoms with Crippen LogP contribution in [0.5, 0.6) is 5.75 Å². The summed E-state index contributed by atoms with van der Waals surface area (Å²) in [6, 6.07) is 15.4. The van der Waals surface area contributed by atoms with Crippen LogP contribution in [-0.2, 0) is 13.0 Å². The Morgan fingerprint density at radius 3 is 2.48 bits per heavy atom. The predicted octanol–water partition coefficient (Wildman–Crippen LogP) is 5.19. The molecule has 3 heteroatoms. The van der Waals surface area contributed by atoms with Crippen molar-refractivity contribution in [1.29, 1.82) is 0 Å². The fourth-order valence-corrected chi connectivity index (χ4v) is 2.65. The Labute approximate surface area is 147 Å². The second-order valence-corrected chi connectivity index (χ2v) is 6.47. The van der Waals surface area contributed by atoms with Gasteiger partial charge in [-0.15, -0.1) is 0 Å². The summed E-state index contributed by atoms with van der Waals surface area (Å²) >= 11 is 0. The van der Waals surface area contributed by atoms with Crippen molar-refractivity contribution in [3.63, 3.8) is 0 Å². The Morgan fingerprint density at radius 1 is 1.04 bits per heavy atom. The highest BCUT2D eigenvalue weighted by atomic mass is 16.5. The van der Waals surface area contributed by atoms with E-state index >= 15 is 0 Å². The molecular formula is C22H22O3. The molecule has 0 aliphatic rings. The summed E-state index contributed by atoms with van der Waals surface area (Å²) < 4.78 is 11.5. The number of hydrogen-bond acceptors (Lipinski definition) is 3. The third-order valence-corrected chi connectivity index (χ3v) is 4.08. The van der Waals surface area contributed by atoms with Gasteiger partial charge in [0.2, 0.25) is 0 Å². The largest absolute Gasteiger partial charge is 0.488 e. The minimum Gasteiger partial charge on any atom is -0.488 e. The molecule has 0 saturated heterocycles. The monoisotopic (exact) mass is 334 g/mol. The first-order valence-electron chi connectivity index (χ1n) is 8.40. The standard InChI is InChI=1S/C22H22O3/c1-15(2)4-11-19-20(24-14-17-7-5-16(3)6-8-17)12-9-18-10-13-21(23)25-22(18)19/h4-10,12-13H,11,14H2,1-3H3. The summed E-state index contributed by atoms with van der Waals surface area (Å²) in [6.45, 7) is 6.64. The Bertz CT molecular complexity index is 959. The van der Waals surface area contributed by atoms with E-state index in [4.69, 9.17) is 9.15 Å². The number of hydrogen-bond donors (Lipinski definition) is 0. The van der Waals surface area contributed by atoms with Gasteiger partial charge in [0.05, 0.1) is 0 Å². The van der Waals surface area contributed by atoms with Crippen molar-refractivity contribution in [1.82, 2.24) is 0 Å². The zero-order valence-electron chi connectivity index (χ0n) is 14.8. The van der Waals surface area contributed by atoms with Crippen LogP contribution >= 0.6 is 0 Å². The van der Waals surface area contributed by atoms with Crippen molar-refractivity contribution in [3.05, 3.63) is 87.3 Å². The highest BCUT2D eigenvalue weighted by Gasteiger charge is 2.11. The van der Waals surface area contributed by atoms with E-state index in [0.29, 0.717) is 18.6 Å². The number of allylic oxidation sites excluding steroid dienone is 2. The maximum Gasteiger partial charge on any atom is 0.336 e. The van der Waals surface area contributed by atoms with E-state index < -0.39 is 0 Å². The minimum atomic E-state index is -0.346. The van der Waals surface area contributed by atoms with Crippen molar-refractivity contribution in [3.8, 4) is 5.75 Å². The van der Waals surface area contributed by atoms with Crippen LogP contribution in [0.2, 0.25) is 0 Å². The summed E-state index contributed by atoms with van der Waals surface area (Å²) in [5, 5.41) is 0.902. The fraction of sp³-hybridized carbons (Fsp3) is 0.227. The molecule has 0 amide bonds. The molecule has 0 bridgehead atoms. The van der Waals surface area contributed by atoms with Gasteiger partial charge in [0, 0.05) is 17.0 Å². The molecule has 25 heavy (non-hydrogen) atoms. The Kier molecular flexibility index (Phi) is 5.03. The smallest absolute Gasteiger partial charge is 0.336 e. The molecule has 0 spiro atoms. The predicted molar refractivity (Wildman–Crippen MR) is 101 cm³/mol. The van der Waals surface area contributed by atoms with Crippen LogP contribution in [0.1, 0.15) is 30.5 Å². The topological polar surface area (TPSA) is 39.4 Å². The van der Waals surface area contributed by atoms with Gasteiger partial charge in [-0.05, 0) is 51.0 Å². The summed E-state index contributed by atoms with van der Waals surface area (Å²) in [6.07, 6.45) is 2.77. The van der Waals surface area contributed by atoms with Crippen LogP contribution in [0.4, 0.5) is 0 Å². The summed E-state index contributed by atoms with van der Waals surface area (Å²) in [7, 11) is 0. The third-order valence-electron chi connectivity index (χ3n) is 4.08. The fourth-order valence-electron chi connectivity index (χ4n) is 2.65. The SMILES string of the molecule is CC(C)=CCc1c(OCc2ccc(C)cc2)ccc2ccc(=O)oc12. The molecule has 128 valence electrons. The average Bonchev–Trinajstić information content (AvgIpc) is 2.59. The Balaban J connectivity index is 1.97. The summed E-state index contributed by atoms with van der Waals surface area (Å²) in [5.74, 6) is 0.750.